The molecule has 6 heteroatoms. The van der Waals surface area contributed by atoms with Gasteiger partial charge in [-0.05, 0) is 54.3 Å². The summed E-state index contributed by atoms with van der Waals surface area (Å²) in [5.74, 6) is 1.34. The van der Waals surface area contributed by atoms with E-state index in [0.717, 1.165) is 23.1 Å². The summed E-state index contributed by atoms with van der Waals surface area (Å²) in [7, 11) is -3.70. The van der Waals surface area contributed by atoms with Crippen LogP contribution in [0.4, 0.5) is 0 Å². The van der Waals surface area contributed by atoms with Gasteiger partial charge in [0, 0.05) is 6.42 Å². The molecular formula is C24H25NO4S. The zero-order valence-corrected chi connectivity index (χ0v) is 17.7. The largest absolute Gasteiger partial charge is 0.490 e. The lowest BCUT2D eigenvalue weighted by Gasteiger charge is -2.21. The van der Waals surface area contributed by atoms with E-state index in [-0.39, 0.29) is 4.90 Å². The lowest BCUT2D eigenvalue weighted by atomic mass is 9.99. The molecule has 5 nitrogen and oxygen atoms in total. The molecule has 3 aromatic carbocycles. The molecule has 156 valence electrons. The number of ether oxygens (including phenoxy) is 2. The number of aryl methyl sites for hydroxylation is 1. The maximum Gasteiger partial charge on any atom is 0.241 e. The molecule has 1 unspecified atom stereocenters. The minimum Gasteiger partial charge on any atom is -0.490 e. The average Bonchev–Trinajstić information content (AvgIpc) is 2.99. The normalized spacial score (nSPS) is 14.7. The first kappa shape index (κ1) is 20.4. The van der Waals surface area contributed by atoms with Crippen LogP contribution in [-0.4, -0.2) is 21.6 Å². The summed E-state index contributed by atoms with van der Waals surface area (Å²) in [6, 6.07) is 22.0. The molecule has 0 fully saturated rings. The molecule has 1 atom stereocenters. The zero-order chi connectivity index (χ0) is 21.0. The molecule has 0 spiro atoms. The third-order valence-corrected chi connectivity index (χ3v) is 6.52. The monoisotopic (exact) mass is 423 g/mol. The quantitative estimate of drug-likeness (QED) is 0.638. The molecule has 3 aromatic rings. The van der Waals surface area contributed by atoms with Crippen LogP contribution in [-0.2, 0) is 16.4 Å². The zero-order valence-electron chi connectivity index (χ0n) is 16.9. The van der Waals surface area contributed by atoms with Gasteiger partial charge in [-0.15, -0.1) is 0 Å². The van der Waals surface area contributed by atoms with Gasteiger partial charge in [-0.3, -0.25) is 0 Å². The van der Waals surface area contributed by atoms with Gasteiger partial charge in [0.15, 0.2) is 11.5 Å². The molecule has 0 bridgehead atoms. The van der Waals surface area contributed by atoms with Gasteiger partial charge in [-0.1, -0.05) is 48.5 Å². The number of fused-ring (bicyclic) bond motifs is 1. The van der Waals surface area contributed by atoms with Crippen LogP contribution >= 0.6 is 0 Å². The van der Waals surface area contributed by atoms with E-state index in [0.29, 0.717) is 31.1 Å². The van der Waals surface area contributed by atoms with Crippen LogP contribution in [0.3, 0.4) is 0 Å². The average molecular weight is 424 g/mol. The number of nitrogens with one attached hydrogen (secondary N) is 1. The fraction of sp³-hybridized carbons (Fsp3) is 0.250. The number of hydrogen-bond acceptors (Lipinski definition) is 4. The van der Waals surface area contributed by atoms with Gasteiger partial charge < -0.3 is 9.47 Å². The molecule has 0 aromatic heterocycles. The Kier molecular flexibility index (Phi) is 6.06. The van der Waals surface area contributed by atoms with Crippen molar-refractivity contribution in [1.29, 1.82) is 0 Å². The number of hydrogen-bond donors (Lipinski definition) is 1. The fourth-order valence-corrected chi connectivity index (χ4v) is 4.84. The second-order valence-electron chi connectivity index (χ2n) is 7.44. The van der Waals surface area contributed by atoms with Crippen LogP contribution < -0.4 is 14.2 Å². The molecule has 1 N–H and O–H groups in total. The highest BCUT2D eigenvalue weighted by atomic mass is 32.2. The van der Waals surface area contributed by atoms with Gasteiger partial charge in [-0.25, -0.2) is 13.1 Å². The maximum absolute atomic E-state index is 13.1. The summed E-state index contributed by atoms with van der Waals surface area (Å²) in [5, 5.41) is 0. The van der Waals surface area contributed by atoms with Crippen molar-refractivity contribution in [3.63, 3.8) is 0 Å². The van der Waals surface area contributed by atoms with Crippen molar-refractivity contribution in [3.05, 3.63) is 89.5 Å². The molecule has 30 heavy (non-hydrogen) atoms. The highest BCUT2D eigenvalue weighted by molar-refractivity contribution is 7.89. The van der Waals surface area contributed by atoms with Gasteiger partial charge in [0.2, 0.25) is 10.0 Å². The smallest absolute Gasteiger partial charge is 0.241 e. The summed E-state index contributed by atoms with van der Waals surface area (Å²) in [6.45, 7) is 3.07. The Morgan fingerprint density at radius 3 is 2.43 bits per heavy atom. The van der Waals surface area contributed by atoms with Crippen molar-refractivity contribution >= 4 is 10.0 Å². The number of rotatable bonds is 6. The van der Waals surface area contributed by atoms with E-state index in [1.165, 1.54) is 0 Å². The molecule has 0 saturated carbocycles. The van der Waals surface area contributed by atoms with Gasteiger partial charge >= 0.3 is 0 Å². The molecule has 0 aliphatic carbocycles. The Morgan fingerprint density at radius 1 is 0.900 bits per heavy atom. The Morgan fingerprint density at radius 2 is 1.67 bits per heavy atom. The summed E-state index contributed by atoms with van der Waals surface area (Å²) in [4.78, 5) is 0.259. The summed E-state index contributed by atoms with van der Waals surface area (Å²) in [5.41, 5.74) is 2.77. The SMILES string of the molecule is Cc1cccc(S(=O)(=O)NC(Cc2ccccc2)c2ccc3c(c2)OCCCO3)c1. The van der Waals surface area contributed by atoms with Crippen molar-refractivity contribution in [3.8, 4) is 11.5 Å². The molecular weight excluding hydrogens is 398 g/mol. The Labute approximate surface area is 177 Å². The van der Waals surface area contributed by atoms with E-state index in [1.807, 2.05) is 61.5 Å². The summed E-state index contributed by atoms with van der Waals surface area (Å²) in [6.07, 6.45) is 1.34. The third kappa shape index (κ3) is 4.83. The molecule has 4 rings (SSSR count). The Balaban J connectivity index is 1.69. The predicted octanol–water partition coefficient (Wildman–Crippen LogP) is 4.42. The van der Waals surface area contributed by atoms with Crippen molar-refractivity contribution in [2.45, 2.75) is 30.7 Å². The first-order valence-electron chi connectivity index (χ1n) is 10.0. The van der Waals surface area contributed by atoms with E-state index < -0.39 is 16.1 Å². The molecule has 0 amide bonds. The maximum atomic E-state index is 13.1. The lowest BCUT2D eigenvalue weighted by molar-refractivity contribution is 0.297. The van der Waals surface area contributed by atoms with E-state index in [9.17, 15) is 8.42 Å². The summed E-state index contributed by atoms with van der Waals surface area (Å²) < 4.78 is 40.7. The highest BCUT2D eigenvalue weighted by Gasteiger charge is 2.23. The van der Waals surface area contributed by atoms with Crippen LogP contribution in [0.1, 0.15) is 29.2 Å². The van der Waals surface area contributed by atoms with E-state index in [1.54, 1.807) is 18.2 Å². The van der Waals surface area contributed by atoms with Crippen LogP contribution in [0.25, 0.3) is 0 Å². The minimum absolute atomic E-state index is 0.259. The first-order chi connectivity index (χ1) is 14.5. The van der Waals surface area contributed by atoms with E-state index >= 15 is 0 Å². The second kappa shape index (κ2) is 8.90. The van der Waals surface area contributed by atoms with Crippen molar-refractivity contribution < 1.29 is 17.9 Å². The standard InChI is InChI=1S/C24H25NO4S/c1-18-7-5-10-21(15-18)30(26,27)25-22(16-19-8-3-2-4-9-19)20-11-12-23-24(17-20)29-14-6-13-28-23/h2-5,7-12,15,17,22,25H,6,13-14,16H2,1H3. The second-order valence-corrected chi connectivity index (χ2v) is 9.15. The lowest BCUT2D eigenvalue weighted by Crippen LogP contribution is -2.30. The van der Waals surface area contributed by atoms with Gasteiger partial charge in [0.1, 0.15) is 0 Å². The number of sulfonamides is 1. The third-order valence-electron chi connectivity index (χ3n) is 5.05. The Hall–Kier alpha value is -2.83. The minimum atomic E-state index is -3.70. The van der Waals surface area contributed by atoms with Gasteiger partial charge in [0.05, 0.1) is 24.2 Å². The van der Waals surface area contributed by atoms with Crippen molar-refractivity contribution in [1.82, 2.24) is 4.72 Å². The van der Waals surface area contributed by atoms with E-state index in [2.05, 4.69) is 4.72 Å². The molecule has 0 radical (unpaired) electrons. The highest BCUT2D eigenvalue weighted by Crippen LogP contribution is 2.33. The van der Waals surface area contributed by atoms with Crippen LogP contribution in [0.15, 0.2) is 77.7 Å². The van der Waals surface area contributed by atoms with Crippen LogP contribution in [0, 0.1) is 6.92 Å². The van der Waals surface area contributed by atoms with Gasteiger partial charge in [-0.2, -0.15) is 0 Å². The van der Waals surface area contributed by atoms with Gasteiger partial charge in [0.25, 0.3) is 0 Å². The summed E-state index contributed by atoms with van der Waals surface area (Å²) >= 11 is 0. The predicted molar refractivity (Wildman–Crippen MR) is 116 cm³/mol. The van der Waals surface area contributed by atoms with Crippen LogP contribution in [0.5, 0.6) is 11.5 Å². The topological polar surface area (TPSA) is 64.6 Å². The molecule has 0 saturated heterocycles. The van der Waals surface area contributed by atoms with Crippen molar-refractivity contribution in [2.24, 2.45) is 0 Å². The van der Waals surface area contributed by atoms with E-state index in [4.69, 9.17) is 9.47 Å². The molecule has 1 aliphatic heterocycles. The molecule has 1 heterocycles. The van der Waals surface area contributed by atoms with Crippen molar-refractivity contribution in [2.75, 3.05) is 13.2 Å². The first-order valence-corrected chi connectivity index (χ1v) is 11.5. The Bertz CT molecular complexity index is 1110. The molecule has 1 aliphatic rings. The fourth-order valence-electron chi connectivity index (χ4n) is 3.51. The number of benzene rings is 3. The van der Waals surface area contributed by atoms with Crippen LogP contribution in [0.2, 0.25) is 0 Å².